The number of guanidine groups is 1. The second-order valence-electron chi connectivity index (χ2n) is 17.0. The Hall–Kier alpha value is -5.98. The number of nitrogens with two attached hydrogens (primary N) is 3. The predicted octanol–water partition coefficient (Wildman–Crippen LogP) is -10.5. The highest BCUT2D eigenvalue weighted by molar-refractivity contribution is 5.95. The summed E-state index contributed by atoms with van der Waals surface area (Å²) < 4.78 is 22.5. The lowest BCUT2D eigenvalue weighted by Gasteiger charge is -2.47. The van der Waals surface area contributed by atoms with Crippen molar-refractivity contribution in [3.05, 3.63) is 0 Å². The van der Waals surface area contributed by atoms with E-state index < -0.39 is 172 Å². The molecule has 0 saturated carbocycles. The smallest absolute Gasteiger partial charge is 0.328 e. The molecular weight excluding hydrogens is 999 g/mol. The molecule has 33 heteroatoms. The van der Waals surface area contributed by atoms with E-state index >= 15 is 0 Å². The summed E-state index contributed by atoms with van der Waals surface area (Å²) in [4.78, 5) is 114. The standard InChI is InChI=1S/C41H71N11O22/c1-18(56)49-29-31(63)34(74-40-33(65)32(64)30(62)23(16-54)72-40)24(17-55)73-39(29)71-11-5-8-25(57)45-9-3-2-6-19(42)35(66)47-13-26(58)50-20(7-4-10-46-41(43)44)36(67)48-14-27(59)51-21(12-28(60)61)37(68)52-22(15-53)38(69)70/h19-24,29-34,39-40,53-55,62-65H,2-17,42H2,1H3,(H,45,57)(H,47,66)(H,48,67)(H,49,56)(H,50,58)(H,51,59)(H,52,68)(H,60,61)(H,69,70)(H4,43,44,46)/t19-,20-,21-,22-,23-,24?,29?,30-,31+,32?,33?,34+,39+,40-/m0/s1. The monoisotopic (exact) mass is 1070 g/mol. The Morgan fingerprint density at radius 1 is 0.662 bits per heavy atom. The Kier molecular flexibility index (Phi) is 28.6. The summed E-state index contributed by atoms with van der Waals surface area (Å²) in [7, 11) is 0. The van der Waals surface area contributed by atoms with Crippen LogP contribution in [0.3, 0.4) is 0 Å². The highest BCUT2D eigenvalue weighted by Crippen LogP contribution is 2.30. The molecule has 2 heterocycles. The number of carbonyl (C=O) groups is 9. The number of aliphatic hydroxyl groups excluding tert-OH is 7. The minimum absolute atomic E-state index is 0.0319. The number of hydrogen-bond acceptors (Lipinski definition) is 22. The van der Waals surface area contributed by atoms with Gasteiger partial charge in [-0.3, -0.25) is 43.3 Å². The molecule has 0 spiro atoms. The minimum atomic E-state index is -1.84. The zero-order chi connectivity index (χ0) is 55.7. The summed E-state index contributed by atoms with van der Waals surface area (Å²) in [5.41, 5.74) is 16.6. The number of carboxylic acid groups (broad SMARTS) is 2. The molecule has 74 heavy (non-hydrogen) atoms. The summed E-state index contributed by atoms with van der Waals surface area (Å²) in [5, 5.41) is 105. The van der Waals surface area contributed by atoms with Crippen LogP contribution in [0.15, 0.2) is 4.99 Å². The number of aliphatic hydroxyl groups is 7. The molecule has 7 amide bonds. The van der Waals surface area contributed by atoms with Gasteiger partial charge < -0.3 is 119 Å². The maximum atomic E-state index is 13.1. The number of rotatable bonds is 33. The van der Waals surface area contributed by atoms with Crippen molar-refractivity contribution in [3.63, 3.8) is 0 Å². The number of hydrogen-bond donors (Lipinski definition) is 19. The van der Waals surface area contributed by atoms with Crippen molar-refractivity contribution in [1.82, 2.24) is 37.2 Å². The lowest BCUT2D eigenvalue weighted by Crippen LogP contribution is -2.67. The van der Waals surface area contributed by atoms with E-state index in [1.807, 2.05) is 10.6 Å². The molecule has 422 valence electrons. The average Bonchev–Trinajstić information content (AvgIpc) is 3.34. The van der Waals surface area contributed by atoms with E-state index in [2.05, 4.69) is 31.6 Å². The molecule has 0 aromatic carbocycles. The number of nitrogens with zero attached hydrogens (tertiary/aromatic N) is 1. The molecule has 0 aromatic rings. The van der Waals surface area contributed by atoms with Crippen LogP contribution in [0.2, 0.25) is 0 Å². The van der Waals surface area contributed by atoms with Gasteiger partial charge in [0.15, 0.2) is 18.5 Å². The first-order chi connectivity index (χ1) is 34.9. The quantitative estimate of drug-likeness (QED) is 0.0165. The van der Waals surface area contributed by atoms with Gasteiger partial charge in [0.25, 0.3) is 0 Å². The van der Waals surface area contributed by atoms with Crippen molar-refractivity contribution in [1.29, 1.82) is 0 Å². The second-order valence-corrected chi connectivity index (χ2v) is 17.0. The summed E-state index contributed by atoms with van der Waals surface area (Å²) in [5.74, 6) is -9.24. The molecule has 14 atom stereocenters. The van der Waals surface area contributed by atoms with Gasteiger partial charge in [-0.15, -0.1) is 0 Å². The van der Waals surface area contributed by atoms with E-state index in [1.165, 1.54) is 0 Å². The van der Waals surface area contributed by atoms with Crippen molar-refractivity contribution < 1.29 is 108 Å². The van der Waals surface area contributed by atoms with Gasteiger partial charge in [-0.05, 0) is 38.5 Å². The van der Waals surface area contributed by atoms with Gasteiger partial charge >= 0.3 is 11.9 Å². The number of ether oxygens (including phenoxy) is 4. The molecule has 0 bridgehead atoms. The van der Waals surface area contributed by atoms with E-state index in [0.29, 0.717) is 12.8 Å². The first-order valence-electron chi connectivity index (χ1n) is 23.3. The second kappa shape index (κ2) is 33.0. The summed E-state index contributed by atoms with van der Waals surface area (Å²) in [6.45, 7) is -2.78. The third-order valence-corrected chi connectivity index (χ3v) is 11.1. The summed E-state index contributed by atoms with van der Waals surface area (Å²) in [6.07, 6.45) is -14.1. The number of amides is 7. The molecule has 33 nitrogen and oxygen atoms in total. The van der Waals surface area contributed by atoms with Crippen LogP contribution in [-0.4, -0.2) is 243 Å². The Morgan fingerprint density at radius 3 is 1.86 bits per heavy atom. The SMILES string of the molecule is CC(=O)NC1[C@H](OCCCC(=O)NCCCC[C@H](N)C(=O)NCC(=O)N[C@@H](CCCN=C(N)N)C(=O)NCC(=O)N[C@@H](CC(=O)O)C(=O)N[C@@H](CO)C(=O)O)OC(CO)[C@@H](O[C@@H]2O[C@@H](CO)[C@H](O)C(O)C2O)[C@@H]1O. The maximum Gasteiger partial charge on any atom is 0.328 e. The van der Waals surface area contributed by atoms with Crippen LogP contribution < -0.4 is 54.4 Å². The fourth-order valence-corrected chi connectivity index (χ4v) is 7.16. The molecule has 4 unspecified atom stereocenters. The van der Waals surface area contributed by atoms with Crippen LogP contribution in [-0.2, 0) is 62.1 Å². The summed E-state index contributed by atoms with van der Waals surface area (Å²) >= 11 is 0. The maximum absolute atomic E-state index is 13.1. The third-order valence-electron chi connectivity index (χ3n) is 11.1. The lowest BCUT2D eigenvalue weighted by molar-refractivity contribution is -0.348. The molecule has 0 radical (unpaired) electrons. The minimum Gasteiger partial charge on any atom is -0.481 e. The Balaban J connectivity index is 1.81. The highest BCUT2D eigenvalue weighted by atomic mass is 16.7. The fourth-order valence-electron chi connectivity index (χ4n) is 7.16. The van der Waals surface area contributed by atoms with Gasteiger partial charge in [-0.25, -0.2) is 4.79 Å². The van der Waals surface area contributed by atoms with Crippen molar-refractivity contribution in [3.8, 4) is 0 Å². The zero-order valence-electron chi connectivity index (χ0n) is 40.4. The fraction of sp³-hybridized carbons (Fsp3) is 0.756. The van der Waals surface area contributed by atoms with E-state index in [4.69, 9.17) is 51.5 Å². The molecule has 0 aliphatic carbocycles. The van der Waals surface area contributed by atoms with Crippen LogP contribution >= 0.6 is 0 Å². The molecule has 2 rings (SSSR count). The topological polar surface area (TPSA) is 547 Å². The molecule has 22 N–H and O–H groups in total. The lowest BCUT2D eigenvalue weighted by atomic mass is 9.95. The Bertz CT molecular complexity index is 1900. The van der Waals surface area contributed by atoms with Crippen molar-refractivity contribution in [2.45, 2.75) is 144 Å². The van der Waals surface area contributed by atoms with E-state index in [-0.39, 0.29) is 63.7 Å². The van der Waals surface area contributed by atoms with Gasteiger partial charge in [-0.2, -0.15) is 0 Å². The number of aliphatic imine (C=N–C) groups is 1. The first-order valence-corrected chi connectivity index (χ1v) is 23.3. The predicted molar refractivity (Wildman–Crippen MR) is 247 cm³/mol. The Morgan fingerprint density at radius 2 is 1.28 bits per heavy atom. The average molecular weight is 1070 g/mol. The number of unbranched alkanes of at least 4 members (excludes halogenated alkanes) is 1. The van der Waals surface area contributed by atoms with Gasteiger partial charge in [0, 0.05) is 26.4 Å². The van der Waals surface area contributed by atoms with Crippen LogP contribution in [0, 0.1) is 0 Å². The third kappa shape index (κ3) is 22.2. The summed E-state index contributed by atoms with van der Waals surface area (Å²) in [6, 6.07) is -7.32. The number of aliphatic carboxylic acids is 2. The van der Waals surface area contributed by atoms with E-state index in [9.17, 15) is 73.8 Å². The Labute approximate surface area is 422 Å². The van der Waals surface area contributed by atoms with Crippen molar-refractivity contribution in [2.24, 2.45) is 22.2 Å². The number of carbonyl (C=O) groups excluding carboxylic acids is 7. The number of nitrogens with one attached hydrogen (secondary N) is 7. The molecule has 2 saturated heterocycles. The van der Waals surface area contributed by atoms with Crippen LogP contribution in [0.1, 0.15) is 58.3 Å². The van der Waals surface area contributed by atoms with Gasteiger partial charge in [0.1, 0.15) is 66.9 Å². The van der Waals surface area contributed by atoms with E-state index in [0.717, 1.165) is 6.92 Å². The van der Waals surface area contributed by atoms with Gasteiger partial charge in [0.2, 0.25) is 41.4 Å². The van der Waals surface area contributed by atoms with Gasteiger partial charge in [-0.1, -0.05) is 0 Å². The van der Waals surface area contributed by atoms with E-state index in [1.54, 1.807) is 0 Å². The first kappa shape index (κ1) is 64.1. The van der Waals surface area contributed by atoms with Gasteiger partial charge in [0.05, 0.1) is 52.0 Å². The molecule has 2 aliphatic heterocycles. The van der Waals surface area contributed by atoms with Crippen LogP contribution in [0.25, 0.3) is 0 Å². The normalized spacial score (nSPS) is 25.1. The molecular formula is C41H71N11O22. The van der Waals surface area contributed by atoms with Crippen LogP contribution in [0.5, 0.6) is 0 Å². The van der Waals surface area contributed by atoms with Crippen LogP contribution in [0.4, 0.5) is 0 Å². The molecule has 0 aromatic heterocycles. The molecule has 2 fully saturated rings. The highest BCUT2D eigenvalue weighted by Gasteiger charge is 2.51. The number of carboxylic acids is 2. The zero-order valence-corrected chi connectivity index (χ0v) is 40.4. The van der Waals surface area contributed by atoms with Crippen molar-refractivity contribution in [2.75, 3.05) is 52.6 Å². The largest absolute Gasteiger partial charge is 0.481 e. The molecule has 2 aliphatic rings. The van der Waals surface area contributed by atoms with Crippen molar-refractivity contribution >= 4 is 59.2 Å².